The van der Waals surface area contributed by atoms with Crippen LogP contribution in [0.25, 0.3) is 0 Å². The second kappa shape index (κ2) is 11.1. The van der Waals surface area contributed by atoms with Gasteiger partial charge in [0.05, 0.1) is 19.5 Å². The fourth-order valence-corrected chi connectivity index (χ4v) is 3.87. The molecule has 26 heavy (non-hydrogen) atoms. The molecule has 0 bridgehead atoms. The van der Waals surface area contributed by atoms with Gasteiger partial charge in [-0.05, 0) is 42.2 Å². The largest absolute Gasteiger partial charge is 0.468 e. The number of benzene rings is 2. The Bertz CT molecular complexity index is 697. The predicted octanol–water partition coefficient (Wildman–Crippen LogP) is 4.87. The number of hydrogen-bond acceptors (Lipinski definition) is 5. The van der Waals surface area contributed by atoms with Crippen LogP contribution in [0.4, 0.5) is 5.69 Å². The quantitative estimate of drug-likeness (QED) is 0.354. The number of methoxy groups -OCH3 is 1. The van der Waals surface area contributed by atoms with Gasteiger partial charge in [-0.15, -0.1) is 11.8 Å². The first kappa shape index (κ1) is 20.6. The molecule has 0 aliphatic heterocycles. The number of nitrogen functional groups attached to an aromatic ring is 1. The van der Waals surface area contributed by atoms with Crippen molar-refractivity contribution in [2.75, 3.05) is 25.2 Å². The van der Waals surface area contributed by atoms with Gasteiger partial charge in [0.1, 0.15) is 0 Å². The number of nitrogens with two attached hydrogens (primary N) is 1. The highest BCUT2D eigenvalue weighted by molar-refractivity contribution is 8.00. The third kappa shape index (κ3) is 6.90. The third-order valence-corrected chi connectivity index (χ3v) is 5.42. The summed E-state index contributed by atoms with van der Waals surface area (Å²) in [6, 6.07) is 15.5. The molecule has 2 aromatic carbocycles. The van der Waals surface area contributed by atoms with Gasteiger partial charge in [-0.1, -0.05) is 41.9 Å². The van der Waals surface area contributed by atoms with E-state index in [0.717, 1.165) is 24.0 Å². The fourth-order valence-electron chi connectivity index (χ4n) is 2.52. The Balaban J connectivity index is 1.89. The predicted molar refractivity (Wildman–Crippen MR) is 108 cm³/mol. The Morgan fingerprint density at radius 3 is 2.73 bits per heavy atom. The molecule has 0 aromatic heterocycles. The van der Waals surface area contributed by atoms with Crippen LogP contribution in [0.2, 0.25) is 5.02 Å². The lowest BCUT2D eigenvalue weighted by Crippen LogP contribution is -2.08. The summed E-state index contributed by atoms with van der Waals surface area (Å²) in [4.78, 5) is 11.5. The maximum absolute atomic E-state index is 11.5. The molecule has 0 saturated heterocycles. The number of thioether (sulfide) groups is 1. The van der Waals surface area contributed by atoms with Crippen molar-refractivity contribution in [3.63, 3.8) is 0 Å². The average Bonchev–Trinajstić information content (AvgIpc) is 2.66. The molecule has 0 aliphatic carbocycles. The van der Waals surface area contributed by atoms with Crippen LogP contribution in [0, 0.1) is 0 Å². The smallest absolute Gasteiger partial charge is 0.315 e. The summed E-state index contributed by atoms with van der Waals surface area (Å²) in [5.41, 5.74) is 8.91. The summed E-state index contributed by atoms with van der Waals surface area (Å²) in [5.74, 6) is 0.0266. The summed E-state index contributed by atoms with van der Waals surface area (Å²) >= 11 is 7.64. The maximum Gasteiger partial charge on any atom is 0.315 e. The van der Waals surface area contributed by atoms with E-state index in [1.54, 1.807) is 12.1 Å². The summed E-state index contributed by atoms with van der Waals surface area (Å²) in [6.07, 6.45) is 1.69. The summed E-state index contributed by atoms with van der Waals surface area (Å²) in [6.45, 7) is 1.24. The minimum atomic E-state index is -0.249. The first-order valence-corrected chi connectivity index (χ1v) is 9.88. The number of anilines is 1. The number of carbonyl (C=O) groups is 1. The molecule has 0 aliphatic rings. The zero-order chi connectivity index (χ0) is 18.8. The molecule has 4 nitrogen and oxygen atoms in total. The Morgan fingerprint density at radius 2 is 2.00 bits per heavy atom. The normalized spacial score (nSPS) is 11.9. The first-order valence-electron chi connectivity index (χ1n) is 8.45. The second-order valence-corrected chi connectivity index (χ2v) is 7.46. The minimum absolute atomic E-state index is 0.0631. The molecule has 0 spiro atoms. The Morgan fingerprint density at radius 1 is 1.23 bits per heavy atom. The Labute approximate surface area is 164 Å². The molecule has 1 unspecified atom stereocenters. The fraction of sp³-hybridized carbons (Fsp3) is 0.350. The Hall–Kier alpha value is -1.69. The van der Waals surface area contributed by atoms with Crippen molar-refractivity contribution in [3.05, 3.63) is 64.7 Å². The van der Waals surface area contributed by atoms with Gasteiger partial charge in [0.25, 0.3) is 0 Å². The zero-order valence-electron chi connectivity index (χ0n) is 14.8. The van der Waals surface area contributed by atoms with Crippen molar-refractivity contribution >= 4 is 35.0 Å². The van der Waals surface area contributed by atoms with E-state index in [1.165, 1.54) is 18.9 Å². The van der Waals surface area contributed by atoms with Gasteiger partial charge in [-0.3, -0.25) is 4.79 Å². The molecule has 6 heteroatoms. The molecular weight excluding hydrogens is 370 g/mol. The van der Waals surface area contributed by atoms with Crippen LogP contribution >= 0.6 is 23.4 Å². The molecular formula is C20H24ClNO3S. The van der Waals surface area contributed by atoms with Crippen LogP contribution in [0.15, 0.2) is 48.5 Å². The molecule has 0 heterocycles. The molecule has 2 N–H and O–H groups in total. The van der Waals surface area contributed by atoms with Gasteiger partial charge in [0.2, 0.25) is 0 Å². The van der Waals surface area contributed by atoms with E-state index in [1.807, 2.05) is 36.4 Å². The average molecular weight is 394 g/mol. The van der Waals surface area contributed by atoms with Gasteiger partial charge in [0.15, 0.2) is 0 Å². The lowest BCUT2D eigenvalue weighted by Gasteiger charge is -2.19. The van der Waals surface area contributed by atoms with Crippen molar-refractivity contribution in [2.45, 2.75) is 24.7 Å². The highest BCUT2D eigenvalue weighted by atomic mass is 35.5. The number of hydrogen-bond donors (Lipinski definition) is 1. The van der Waals surface area contributed by atoms with E-state index < -0.39 is 0 Å². The second-order valence-electron chi connectivity index (χ2n) is 5.83. The molecule has 0 saturated carbocycles. The van der Waals surface area contributed by atoms with Gasteiger partial charge in [-0.2, -0.15) is 0 Å². The lowest BCUT2D eigenvalue weighted by molar-refractivity contribution is -0.137. The molecule has 2 rings (SSSR count). The number of ether oxygens (including phenoxy) is 2. The first-order chi connectivity index (χ1) is 12.6. The van der Waals surface area contributed by atoms with Gasteiger partial charge >= 0.3 is 5.97 Å². The highest BCUT2D eigenvalue weighted by Crippen LogP contribution is 2.37. The van der Waals surface area contributed by atoms with Crippen LogP contribution in [0.1, 0.15) is 29.2 Å². The van der Waals surface area contributed by atoms with Crippen LogP contribution in [0.5, 0.6) is 0 Å². The van der Waals surface area contributed by atoms with Crippen LogP contribution in [-0.4, -0.2) is 25.4 Å². The van der Waals surface area contributed by atoms with E-state index in [9.17, 15) is 4.79 Å². The molecule has 0 fully saturated rings. The summed E-state index contributed by atoms with van der Waals surface area (Å²) in [7, 11) is 1.39. The summed E-state index contributed by atoms with van der Waals surface area (Å²) < 4.78 is 10.5. The van der Waals surface area contributed by atoms with Crippen molar-refractivity contribution in [3.8, 4) is 0 Å². The van der Waals surface area contributed by atoms with E-state index >= 15 is 0 Å². The summed E-state index contributed by atoms with van der Waals surface area (Å²) in [5, 5.41) is 0.700. The van der Waals surface area contributed by atoms with E-state index in [2.05, 4.69) is 0 Å². The molecule has 0 amide bonds. The molecule has 2 aromatic rings. The van der Waals surface area contributed by atoms with Crippen LogP contribution in [0.3, 0.4) is 0 Å². The van der Waals surface area contributed by atoms with Gasteiger partial charge in [-0.25, -0.2) is 0 Å². The number of halogens is 1. The molecule has 140 valence electrons. The number of rotatable bonds is 10. The topological polar surface area (TPSA) is 61.5 Å². The molecule has 1 atom stereocenters. The van der Waals surface area contributed by atoms with Gasteiger partial charge in [0, 0.05) is 22.6 Å². The van der Waals surface area contributed by atoms with E-state index in [0.29, 0.717) is 23.9 Å². The maximum atomic E-state index is 11.5. The lowest BCUT2D eigenvalue weighted by atomic mass is 10.1. The Kier molecular flexibility index (Phi) is 8.81. The van der Waals surface area contributed by atoms with Crippen molar-refractivity contribution in [1.29, 1.82) is 0 Å². The van der Waals surface area contributed by atoms with Crippen molar-refractivity contribution < 1.29 is 14.3 Å². The monoisotopic (exact) mass is 393 g/mol. The van der Waals surface area contributed by atoms with E-state index in [-0.39, 0.29) is 17.0 Å². The van der Waals surface area contributed by atoms with Crippen LogP contribution < -0.4 is 5.73 Å². The van der Waals surface area contributed by atoms with Gasteiger partial charge < -0.3 is 15.2 Å². The third-order valence-electron chi connectivity index (χ3n) is 3.89. The highest BCUT2D eigenvalue weighted by Gasteiger charge is 2.17. The zero-order valence-corrected chi connectivity index (χ0v) is 16.4. The van der Waals surface area contributed by atoms with E-state index in [4.69, 9.17) is 26.8 Å². The van der Waals surface area contributed by atoms with Crippen molar-refractivity contribution in [1.82, 2.24) is 0 Å². The standard InChI is InChI=1S/C20H24ClNO3S/c1-24-20(23)14-26-19(17-12-16(21)9-10-18(17)22)8-5-11-25-13-15-6-3-2-4-7-15/h2-4,6-7,9-10,12,19H,5,8,11,13-14,22H2,1H3. The minimum Gasteiger partial charge on any atom is -0.468 e. The number of carbonyl (C=O) groups excluding carboxylic acids is 1. The SMILES string of the molecule is COC(=O)CSC(CCCOCc1ccccc1)c1cc(Cl)ccc1N. The van der Waals surface area contributed by atoms with Crippen LogP contribution in [-0.2, 0) is 20.9 Å². The molecule has 0 radical (unpaired) electrons. The van der Waals surface area contributed by atoms with Crippen molar-refractivity contribution in [2.24, 2.45) is 0 Å². The number of esters is 1.